The van der Waals surface area contributed by atoms with Crippen LogP contribution in [0, 0.1) is 5.92 Å². The lowest BCUT2D eigenvalue weighted by atomic mass is 10.0. The molecule has 0 aliphatic carbocycles. The first-order valence-electron chi connectivity index (χ1n) is 7.54. The molecule has 2 aromatic rings. The van der Waals surface area contributed by atoms with E-state index in [1.165, 1.54) is 5.56 Å². The highest BCUT2D eigenvalue weighted by molar-refractivity contribution is 5.91. The van der Waals surface area contributed by atoms with Crippen molar-refractivity contribution >= 4 is 22.8 Å². The van der Waals surface area contributed by atoms with E-state index in [1.807, 2.05) is 18.3 Å². The predicted octanol–water partition coefficient (Wildman–Crippen LogP) is 2.50. The van der Waals surface area contributed by atoms with Crippen LogP contribution >= 0.6 is 0 Å². The molecule has 0 fully saturated rings. The van der Waals surface area contributed by atoms with Crippen molar-refractivity contribution in [3.05, 3.63) is 35.5 Å². The zero-order valence-electron chi connectivity index (χ0n) is 13.1. The zero-order valence-corrected chi connectivity index (χ0v) is 13.1. The Labute approximate surface area is 129 Å². The van der Waals surface area contributed by atoms with Gasteiger partial charge in [-0.3, -0.25) is 4.79 Å². The van der Waals surface area contributed by atoms with Crippen LogP contribution in [-0.2, 0) is 22.4 Å². The summed E-state index contributed by atoms with van der Waals surface area (Å²) in [5.74, 6) is -1.43. The molecule has 1 aromatic heterocycles. The van der Waals surface area contributed by atoms with Gasteiger partial charge in [0.25, 0.3) is 0 Å². The fourth-order valence-electron chi connectivity index (χ4n) is 2.63. The molecule has 1 aromatic carbocycles. The van der Waals surface area contributed by atoms with Crippen LogP contribution in [-0.4, -0.2) is 28.0 Å². The van der Waals surface area contributed by atoms with Gasteiger partial charge in [-0.15, -0.1) is 0 Å². The van der Waals surface area contributed by atoms with Crippen molar-refractivity contribution in [1.29, 1.82) is 0 Å². The topological polar surface area (TPSA) is 82.2 Å². The second kappa shape index (κ2) is 6.64. The van der Waals surface area contributed by atoms with E-state index in [0.29, 0.717) is 0 Å². The van der Waals surface area contributed by atoms with Crippen LogP contribution in [0.5, 0.6) is 0 Å². The monoisotopic (exact) mass is 302 g/mol. The summed E-state index contributed by atoms with van der Waals surface area (Å²) in [7, 11) is 0. The Morgan fingerprint density at radius 3 is 2.59 bits per heavy atom. The number of para-hydroxylation sites is 1. The van der Waals surface area contributed by atoms with E-state index in [4.69, 9.17) is 5.11 Å². The van der Waals surface area contributed by atoms with Gasteiger partial charge in [0.05, 0.1) is 6.42 Å². The van der Waals surface area contributed by atoms with Gasteiger partial charge < -0.3 is 15.4 Å². The van der Waals surface area contributed by atoms with Gasteiger partial charge in [0.15, 0.2) is 0 Å². The summed E-state index contributed by atoms with van der Waals surface area (Å²) in [5.41, 5.74) is 3.14. The summed E-state index contributed by atoms with van der Waals surface area (Å²) in [6.45, 7) is 5.64. The van der Waals surface area contributed by atoms with Crippen molar-refractivity contribution in [2.45, 2.75) is 39.7 Å². The molecule has 1 atom stereocenters. The molecule has 5 nitrogen and oxygen atoms in total. The number of hydrogen-bond acceptors (Lipinski definition) is 2. The van der Waals surface area contributed by atoms with E-state index in [9.17, 15) is 9.59 Å². The maximum Gasteiger partial charge on any atom is 0.326 e. The van der Waals surface area contributed by atoms with Crippen molar-refractivity contribution < 1.29 is 14.7 Å². The lowest BCUT2D eigenvalue weighted by molar-refractivity contribution is -0.143. The van der Waals surface area contributed by atoms with Crippen molar-refractivity contribution in [2.24, 2.45) is 5.92 Å². The Morgan fingerprint density at radius 1 is 1.27 bits per heavy atom. The summed E-state index contributed by atoms with van der Waals surface area (Å²) in [6, 6.07) is 5.15. The second-order valence-corrected chi connectivity index (χ2v) is 5.81. The van der Waals surface area contributed by atoms with Crippen molar-refractivity contribution in [3.63, 3.8) is 0 Å². The van der Waals surface area contributed by atoms with Crippen LogP contribution in [0.2, 0.25) is 0 Å². The lowest BCUT2D eigenvalue weighted by Crippen LogP contribution is -2.44. The number of H-pyrrole nitrogens is 1. The zero-order chi connectivity index (χ0) is 16.3. The van der Waals surface area contributed by atoms with E-state index >= 15 is 0 Å². The second-order valence-electron chi connectivity index (χ2n) is 5.81. The molecular weight excluding hydrogens is 280 g/mol. The molecule has 0 aliphatic heterocycles. The first-order valence-corrected chi connectivity index (χ1v) is 7.54. The van der Waals surface area contributed by atoms with Gasteiger partial charge in [-0.25, -0.2) is 4.79 Å². The number of aromatic amines is 1. The highest BCUT2D eigenvalue weighted by atomic mass is 16.4. The first-order chi connectivity index (χ1) is 10.4. The number of amides is 1. The summed E-state index contributed by atoms with van der Waals surface area (Å²) < 4.78 is 0. The standard InChI is InChI=1S/C17H22N2O3/c1-4-11-6-5-7-13-12(9-18-16(11)13)8-14(20)19-15(10(2)3)17(21)22/h5-7,9-10,15,18H,4,8H2,1-3H3,(H,19,20)(H,21,22)/t15-/m0/s1. The van der Waals surface area contributed by atoms with E-state index in [-0.39, 0.29) is 18.2 Å². The molecule has 0 saturated heterocycles. The van der Waals surface area contributed by atoms with Gasteiger partial charge >= 0.3 is 5.97 Å². The highest BCUT2D eigenvalue weighted by Gasteiger charge is 2.23. The molecule has 1 amide bonds. The molecule has 118 valence electrons. The van der Waals surface area contributed by atoms with Gasteiger partial charge in [-0.1, -0.05) is 39.0 Å². The SMILES string of the molecule is CCc1cccc2c(CC(=O)N[C@H](C(=O)O)C(C)C)c[nH]c12. The molecule has 0 spiro atoms. The van der Waals surface area contributed by atoms with Gasteiger partial charge in [0.2, 0.25) is 5.91 Å². The number of carboxylic acid groups (broad SMARTS) is 1. The average molecular weight is 302 g/mol. The Balaban J connectivity index is 2.17. The Morgan fingerprint density at radius 2 is 2.00 bits per heavy atom. The summed E-state index contributed by atoms with van der Waals surface area (Å²) in [6.07, 6.45) is 2.91. The minimum absolute atomic E-state index is 0.156. The van der Waals surface area contributed by atoms with Crippen molar-refractivity contribution in [3.8, 4) is 0 Å². The van der Waals surface area contributed by atoms with E-state index in [2.05, 4.69) is 23.3 Å². The average Bonchev–Trinajstić information content (AvgIpc) is 2.87. The highest BCUT2D eigenvalue weighted by Crippen LogP contribution is 2.22. The van der Waals surface area contributed by atoms with Crippen LogP contribution in [0.3, 0.4) is 0 Å². The smallest absolute Gasteiger partial charge is 0.326 e. The lowest BCUT2D eigenvalue weighted by Gasteiger charge is -2.17. The maximum atomic E-state index is 12.1. The number of nitrogens with one attached hydrogen (secondary N) is 2. The fourth-order valence-corrected chi connectivity index (χ4v) is 2.63. The molecule has 0 saturated carbocycles. The van der Waals surface area contributed by atoms with Gasteiger partial charge in [-0.2, -0.15) is 0 Å². The molecule has 0 unspecified atom stereocenters. The third-order valence-electron chi connectivity index (χ3n) is 3.87. The summed E-state index contributed by atoms with van der Waals surface area (Å²) in [4.78, 5) is 26.5. The largest absolute Gasteiger partial charge is 0.480 e. The molecule has 3 N–H and O–H groups in total. The van der Waals surface area contributed by atoms with Gasteiger partial charge in [0.1, 0.15) is 6.04 Å². The minimum atomic E-state index is -1.00. The third kappa shape index (κ3) is 3.30. The number of carbonyl (C=O) groups is 2. The number of aliphatic carboxylic acids is 1. The molecule has 0 aliphatic rings. The number of aryl methyl sites for hydroxylation is 1. The number of rotatable bonds is 6. The number of aromatic nitrogens is 1. The van der Waals surface area contributed by atoms with Crippen LogP contribution in [0.25, 0.3) is 10.9 Å². The van der Waals surface area contributed by atoms with Gasteiger partial charge in [0, 0.05) is 17.1 Å². The molecule has 5 heteroatoms. The molecule has 1 heterocycles. The quantitative estimate of drug-likeness (QED) is 0.766. The number of carboxylic acids is 1. The summed E-state index contributed by atoms with van der Waals surface area (Å²) in [5, 5.41) is 12.8. The number of carbonyl (C=O) groups excluding carboxylic acids is 1. The Bertz CT molecular complexity index is 688. The molecule has 0 radical (unpaired) electrons. The van der Waals surface area contributed by atoms with Crippen LogP contribution in [0.1, 0.15) is 31.9 Å². The number of hydrogen-bond donors (Lipinski definition) is 3. The van der Waals surface area contributed by atoms with Crippen LogP contribution < -0.4 is 5.32 Å². The molecule has 2 rings (SSSR count). The fraction of sp³-hybridized carbons (Fsp3) is 0.412. The minimum Gasteiger partial charge on any atom is -0.480 e. The van der Waals surface area contributed by atoms with Crippen LogP contribution in [0.15, 0.2) is 24.4 Å². The Kier molecular flexibility index (Phi) is 4.85. The number of fused-ring (bicyclic) bond motifs is 1. The van der Waals surface area contributed by atoms with E-state index < -0.39 is 12.0 Å². The van der Waals surface area contributed by atoms with Crippen LogP contribution in [0.4, 0.5) is 0 Å². The summed E-state index contributed by atoms with van der Waals surface area (Å²) >= 11 is 0. The molecule has 22 heavy (non-hydrogen) atoms. The van der Waals surface area contributed by atoms with Gasteiger partial charge in [-0.05, 0) is 23.5 Å². The van der Waals surface area contributed by atoms with E-state index in [1.54, 1.807) is 13.8 Å². The van der Waals surface area contributed by atoms with Crippen molar-refractivity contribution in [2.75, 3.05) is 0 Å². The first kappa shape index (κ1) is 16.1. The predicted molar refractivity (Wildman–Crippen MR) is 85.8 cm³/mol. The maximum absolute atomic E-state index is 12.1. The Hall–Kier alpha value is -2.30. The number of benzene rings is 1. The molecular formula is C17H22N2O3. The molecule has 0 bridgehead atoms. The normalized spacial score (nSPS) is 12.5. The van der Waals surface area contributed by atoms with Crippen molar-refractivity contribution in [1.82, 2.24) is 10.3 Å². The third-order valence-corrected chi connectivity index (χ3v) is 3.87. The van der Waals surface area contributed by atoms with E-state index in [0.717, 1.165) is 22.9 Å².